The molecule has 0 saturated carbocycles. The van der Waals surface area contributed by atoms with Crippen LogP contribution >= 0.6 is 0 Å². The van der Waals surface area contributed by atoms with Gasteiger partial charge in [-0.05, 0) is 81.0 Å². The molecule has 6 amide bonds. The van der Waals surface area contributed by atoms with Crippen molar-refractivity contribution < 1.29 is 62.0 Å². The lowest BCUT2D eigenvalue weighted by Gasteiger charge is -2.32. The number of alkyl carbamates (subject to hydrolysis) is 1. The topological polar surface area (TPSA) is 246 Å². The minimum atomic E-state index is -1.58. The van der Waals surface area contributed by atoms with Crippen LogP contribution in [0.4, 0.5) is 4.79 Å². The number of ether oxygens (including phenoxy) is 5. The number of nitrogens with one attached hydrogen (secondary N) is 5. The first kappa shape index (κ1) is 62.2. The zero-order valence-corrected chi connectivity index (χ0v) is 46.6. The Labute approximate surface area is 463 Å². The molecule has 79 heavy (non-hydrogen) atoms. The molecule has 1 aliphatic heterocycles. The van der Waals surface area contributed by atoms with Gasteiger partial charge in [-0.15, -0.1) is 0 Å². The Hall–Kier alpha value is -7.64. The van der Waals surface area contributed by atoms with Crippen LogP contribution in [0.3, 0.4) is 0 Å². The van der Waals surface area contributed by atoms with E-state index >= 15 is 0 Å². The summed E-state index contributed by atoms with van der Waals surface area (Å²) in [7, 11) is 0. The van der Waals surface area contributed by atoms with Crippen molar-refractivity contribution >= 4 is 47.6 Å². The minimum absolute atomic E-state index is 0.0776. The number of benzene rings is 4. The van der Waals surface area contributed by atoms with Gasteiger partial charge in [0.1, 0.15) is 49.0 Å². The van der Waals surface area contributed by atoms with Crippen molar-refractivity contribution in [3.05, 3.63) is 144 Å². The van der Waals surface area contributed by atoms with Crippen LogP contribution in [0.5, 0.6) is 0 Å². The average Bonchev–Trinajstić information content (AvgIpc) is 3.93. The Bertz CT molecular complexity index is 2600. The van der Waals surface area contributed by atoms with Gasteiger partial charge < -0.3 is 55.2 Å². The van der Waals surface area contributed by atoms with Gasteiger partial charge >= 0.3 is 18.0 Å². The molecular formula is C60H78N6O13. The maximum atomic E-state index is 14.7. The van der Waals surface area contributed by atoms with Crippen LogP contribution < -0.4 is 26.6 Å². The van der Waals surface area contributed by atoms with Gasteiger partial charge in [0.15, 0.2) is 6.04 Å². The second-order valence-corrected chi connectivity index (χ2v) is 21.3. The van der Waals surface area contributed by atoms with Gasteiger partial charge in [0.25, 0.3) is 0 Å². The van der Waals surface area contributed by atoms with E-state index in [1.807, 2.05) is 80.6 Å². The summed E-state index contributed by atoms with van der Waals surface area (Å²) >= 11 is 0. The number of esters is 2. The molecule has 426 valence electrons. The number of nitrogens with zero attached hydrogens (tertiary/aromatic N) is 1. The Kier molecular flexibility index (Phi) is 24.5. The van der Waals surface area contributed by atoms with Gasteiger partial charge in [0, 0.05) is 6.54 Å². The Morgan fingerprint density at radius 1 is 0.570 bits per heavy atom. The zero-order valence-electron chi connectivity index (χ0n) is 46.6. The quantitative estimate of drug-likeness (QED) is 0.0314. The van der Waals surface area contributed by atoms with Gasteiger partial charge in [-0.2, -0.15) is 0 Å². The lowest BCUT2D eigenvalue weighted by molar-refractivity contribution is -0.154. The van der Waals surface area contributed by atoms with Crippen molar-refractivity contribution in [1.29, 1.82) is 0 Å². The van der Waals surface area contributed by atoms with E-state index in [1.165, 1.54) is 4.90 Å². The van der Waals surface area contributed by atoms with E-state index in [0.717, 1.165) is 16.7 Å². The van der Waals surface area contributed by atoms with Gasteiger partial charge in [-0.1, -0.05) is 149 Å². The fourth-order valence-corrected chi connectivity index (χ4v) is 8.51. The molecule has 7 atom stereocenters. The lowest BCUT2D eigenvalue weighted by atomic mass is 10.0. The van der Waals surface area contributed by atoms with E-state index in [-0.39, 0.29) is 58.3 Å². The maximum Gasteiger partial charge on any atom is 0.408 e. The summed E-state index contributed by atoms with van der Waals surface area (Å²) in [5.41, 5.74) is 2.15. The van der Waals surface area contributed by atoms with Crippen molar-refractivity contribution in [3.8, 4) is 0 Å². The lowest BCUT2D eigenvalue weighted by Crippen LogP contribution is -2.61. The Balaban J connectivity index is 1.36. The van der Waals surface area contributed by atoms with Crippen LogP contribution in [0.15, 0.2) is 121 Å². The molecule has 0 radical (unpaired) electrons. The van der Waals surface area contributed by atoms with E-state index in [0.29, 0.717) is 12.0 Å². The molecule has 0 bridgehead atoms. The van der Waals surface area contributed by atoms with Crippen LogP contribution in [0.2, 0.25) is 0 Å². The molecule has 1 aliphatic rings. The molecule has 4 aromatic rings. The summed E-state index contributed by atoms with van der Waals surface area (Å²) in [5.74, 6) is -6.08. The normalized spacial score (nSPS) is 15.6. The number of rotatable bonds is 28. The van der Waals surface area contributed by atoms with Crippen LogP contribution in [-0.2, 0) is 83.7 Å². The first-order valence-corrected chi connectivity index (χ1v) is 26.9. The third-order valence-electron chi connectivity index (χ3n) is 12.7. The molecule has 5 N–H and O–H groups in total. The largest absolute Gasteiger partial charge is 0.461 e. The predicted molar refractivity (Wildman–Crippen MR) is 294 cm³/mol. The summed E-state index contributed by atoms with van der Waals surface area (Å²) in [6, 6.07) is 28.5. The van der Waals surface area contributed by atoms with Gasteiger partial charge in [0.2, 0.25) is 29.5 Å². The van der Waals surface area contributed by atoms with E-state index in [9.17, 15) is 38.4 Å². The summed E-state index contributed by atoms with van der Waals surface area (Å²) in [4.78, 5) is 114. The van der Waals surface area contributed by atoms with Crippen LogP contribution in [0.1, 0.15) is 103 Å². The first-order chi connectivity index (χ1) is 37.7. The van der Waals surface area contributed by atoms with Gasteiger partial charge in [-0.3, -0.25) is 28.8 Å². The van der Waals surface area contributed by atoms with E-state index in [2.05, 4.69) is 26.6 Å². The third kappa shape index (κ3) is 21.3. The van der Waals surface area contributed by atoms with Crippen molar-refractivity contribution in [2.24, 2.45) is 11.8 Å². The van der Waals surface area contributed by atoms with E-state index in [4.69, 9.17) is 23.7 Å². The van der Waals surface area contributed by atoms with Crippen LogP contribution in [-0.4, -0.2) is 114 Å². The molecule has 0 spiro atoms. The molecule has 19 heteroatoms. The highest BCUT2D eigenvalue weighted by molar-refractivity contribution is 5.98. The fourth-order valence-electron chi connectivity index (χ4n) is 8.51. The van der Waals surface area contributed by atoms with Crippen molar-refractivity contribution in [3.63, 3.8) is 0 Å². The van der Waals surface area contributed by atoms with Gasteiger partial charge in [0.05, 0.1) is 32.3 Å². The Morgan fingerprint density at radius 2 is 1.06 bits per heavy atom. The highest BCUT2D eigenvalue weighted by Crippen LogP contribution is 2.22. The molecule has 1 heterocycles. The molecule has 1 saturated heterocycles. The van der Waals surface area contributed by atoms with Crippen molar-refractivity contribution in [2.45, 2.75) is 155 Å². The predicted octanol–water partition coefficient (Wildman–Crippen LogP) is 6.21. The second-order valence-electron chi connectivity index (χ2n) is 21.3. The average molecular weight is 1090 g/mol. The molecule has 19 nitrogen and oxygen atoms in total. The number of carbonyl (C=O) groups is 8. The highest BCUT2D eigenvalue weighted by Gasteiger charge is 2.42. The maximum absolute atomic E-state index is 14.7. The van der Waals surface area contributed by atoms with Crippen LogP contribution in [0, 0.1) is 11.8 Å². The highest BCUT2D eigenvalue weighted by atomic mass is 16.6. The number of amides is 6. The van der Waals surface area contributed by atoms with E-state index < -0.39 is 108 Å². The molecule has 5 rings (SSSR count). The SMILES string of the molecule is CC(C)C[C@H](NC(=O)OC(C)(C)C)C(=O)N[C@@H](CC(=O)OCc1ccccc1)C(=O)N[C@H](C(=O)N1CCC[C@H]1C(=O)N[C@@H](COCc1ccccc1)C(=O)N[C@H](C(=O)OCc1ccccc1)[C@@H](C)OCc1ccccc1)C(C)C. The Morgan fingerprint density at radius 3 is 1.59 bits per heavy atom. The number of hydrogen-bond donors (Lipinski definition) is 5. The molecule has 1 fully saturated rings. The van der Waals surface area contributed by atoms with Gasteiger partial charge in [-0.25, -0.2) is 9.59 Å². The van der Waals surface area contributed by atoms with Crippen molar-refractivity contribution in [1.82, 2.24) is 31.5 Å². The summed E-state index contributed by atoms with van der Waals surface area (Å²) in [6.07, 6.45) is -1.68. The first-order valence-electron chi connectivity index (χ1n) is 26.9. The minimum Gasteiger partial charge on any atom is -0.461 e. The summed E-state index contributed by atoms with van der Waals surface area (Å²) in [6.45, 7) is 13.5. The molecule has 0 unspecified atom stereocenters. The monoisotopic (exact) mass is 1090 g/mol. The standard InChI is InChI=1S/C60H78N6O13/c1-39(2)32-46(63-59(74)79-60(6,7)8)53(68)61-47(33-50(67)77-36-44-26-17-11-18-27-44)54(69)64-51(40(3)4)57(72)66-31-21-30-49(66)56(71)62-48(38-75-34-42-22-13-9-14-23-42)55(70)65-52(41(5)76-35-43-24-15-10-16-25-43)58(73)78-37-45-28-19-12-20-29-45/h9-20,22-29,39-41,46-49,51-52H,21,30-38H2,1-8H3,(H,61,68)(H,62,71)(H,63,74)(H,64,69)(H,65,70)/t41-,46+,47+,48+,49+,51+,52+/m1/s1. The molecule has 0 aliphatic carbocycles. The summed E-state index contributed by atoms with van der Waals surface area (Å²) in [5, 5.41) is 13.5. The number of hydrogen-bond acceptors (Lipinski definition) is 13. The molecule has 4 aromatic carbocycles. The fraction of sp³-hybridized carbons (Fsp3) is 0.467. The van der Waals surface area contributed by atoms with Crippen LogP contribution in [0.25, 0.3) is 0 Å². The van der Waals surface area contributed by atoms with E-state index in [1.54, 1.807) is 96.1 Å². The molecule has 0 aromatic heterocycles. The smallest absolute Gasteiger partial charge is 0.408 e. The third-order valence-corrected chi connectivity index (χ3v) is 12.7. The summed E-state index contributed by atoms with van der Waals surface area (Å²) < 4.78 is 28.7. The van der Waals surface area contributed by atoms with Crippen molar-refractivity contribution in [2.75, 3.05) is 13.2 Å². The molecular weight excluding hydrogens is 1010 g/mol. The second kappa shape index (κ2) is 31.1. The number of likely N-dealkylation sites (tertiary alicyclic amines) is 1. The number of carbonyl (C=O) groups excluding carboxylic acids is 8. The zero-order chi connectivity index (χ0) is 57.5.